The number of hydrogen-bond donors (Lipinski definition) is 1. The molecular weight excluding hydrogens is 300 g/mol. The highest BCUT2D eigenvalue weighted by Crippen LogP contribution is 2.60. The lowest BCUT2D eigenvalue weighted by molar-refractivity contribution is -0.578. The normalized spacial score (nSPS) is 58.6. The molecule has 0 radical (unpaired) electrons. The number of rotatable bonds is 2. The molecule has 4 heterocycles. The van der Waals surface area contributed by atoms with E-state index >= 15 is 0 Å². The average Bonchev–Trinajstić information content (AvgIpc) is 2.74. The SMILES string of the molecule is CCO[C@H]1O[C@H]2O[C@@]3(C)CC[C@H]4[C@H](C)[C@H](O)C[C@@H]([C@H]1C)[C@@]24OO3. The van der Waals surface area contributed by atoms with Gasteiger partial charge in [0.2, 0.25) is 5.79 Å². The summed E-state index contributed by atoms with van der Waals surface area (Å²) >= 11 is 0. The lowest BCUT2D eigenvalue weighted by atomic mass is 9.57. The monoisotopic (exact) mass is 328 g/mol. The van der Waals surface area contributed by atoms with Gasteiger partial charge in [-0.3, -0.25) is 0 Å². The van der Waals surface area contributed by atoms with Gasteiger partial charge in [0.25, 0.3) is 0 Å². The van der Waals surface area contributed by atoms with Crippen LogP contribution in [0.1, 0.15) is 47.0 Å². The van der Waals surface area contributed by atoms with Gasteiger partial charge in [0, 0.05) is 30.8 Å². The summed E-state index contributed by atoms with van der Waals surface area (Å²) < 4.78 is 18.2. The average molecular weight is 328 g/mol. The zero-order valence-electron chi connectivity index (χ0n) is 14.4. The van der Waals surface area contributed by atoms with Crippen molar-refractivity contribution in [3.8, 4) is 0 Å². The lowest BCUT2D eigenvalue weighted by Crippen LogP contribution is -2.72. The Bertz CT molecular complexity index is 468. The van der Waals surface area contributed by atoms with Gasteiger partial charge in [-0.2, -0.15) is 0 Å². The number of aliphatic hydroxyl groups is 1. The first-order valence-corrected chi connectivity index (χ1v) is 8.91. The molecule has 0 aromatic rings. The fourth-order valence-corrected chi connectivity index (χ4v) is 5.18. The van der Waals surface area contributed by atoms with Crippen molar-refractivity contribution >= 4 is 0 Å². The van der Waals surface area contributed by atoms with E-state index in [-0.39, 0.29) is 36.1 Å². The molecule has 2 bridgehead atoms. The van der Waals surface area contributed by atoms with Crippen LogP contribution in [0.3, 0.4) is 0 Å². The summed E-state index contributed by atoms with van der Waals surface area (Å²) in [5, 5.41) is 10.6. The van der Waals surface area contributed by atoms with Crippen LogP contribution in [0.25, 0.3) is 0 Å². The minimum Gasteiger partial charge on any atom is -0.393 e. The molecule has 6 heteroatoms. The van der Waals surface area contributed by atoms with Crippen molar-refractivity contribution in [3.63, 3.8) is 0 Å². The van der Waals surface area contributed by atoms with Gasteiger partial charge in [0.15, 0.2) is 18.2 Å². The minimum absolute atomic E-state index is 0.0802. The Hall–Kier alpha value is -0.240. The molecule has 1 aliphatic carbocycles. The molecule has 23 heavy (non-hydrogen) atoms. The largest absolute Gasteiger partial charge is 0.393 e. The summed E-state index contributed by atoms with van der Waals surface area (Å²) in [6.07, 6.45) is 1.10. The molecule has 1 N–H and O–H groups in total. The molecule has 5 rings (SSSR count). The van der Waals surface area contributed by atoms with E-state index in [0.29, 0.717) is 13.0 Å². The molecule has 0 amide bonds. The number of fused-ring (bicyclic) bond motifs is 2. The van der Waals surface area contributed by atoms with Gasteiger partial charge < -0.3 is 19.3 Å². The molecule has 5 aliphatic rings. The fourth-order valence-electron chi connectivity index (χ4n) is 5.18. The minimum atomic E-state index is -0.792. The summed E-state index contributed by atoms with van der Waals surface area (Å²) in [6, 6.07) is 0. The van der Waals surface area contributed by atoms with Gasteiger partial charge in [0.05, 0.1) is 6.10 Å². The van der Waals surface area contributed by atoms with Crippen molar-refractivity contribution in [3.05, 3.63) is 0 Å². The summed E-state index contributed by atoms with van der Waals surface area (Å²) in [5.74, 6) is -0.335. The molecule has 0 unspecified atom stereocenters. The summed E-state index contributed by atoms with van der Waals surface area (Å²) in [6.45, 7) is 8.64. The first kappa shape index (κ1) is 16.2. The van der Waals surface area contributed by atoms with Crippen LogP contribution in [-0.4, -0.2) is 41.8 Å². The van der Waals surface area contributed by atoms with E-state index in [1.807, 2.05) is 13.8 Å². The van der Waals surface area contributed by atoms with Gasteiger partial charge >= 0.3 is 0 Å². The molecule has 1 spiro atoms. The second-order valence-electron chi connectivity index (χ2n) is 7.84. The van der Waals surface area contributed by atoms with E-state index in [0.717, 1.165) is 12.8 Å². The van der Waals surface area contributed by atoms with Crippen LogP contribution in [-0.2, 0) is 24.0 Å². The van der Waals surface area contributed by atoms with E-state index in [9.17, 15) is 5.11 Å². The quantitative estimate of drug-likeness (QED) is 0.784. The first-order valence-electron chi connectivity index (χ1n) is 8.91. The van der Waals surface area contributed by atoms with Crippen molar-refractivity contribution in [2.24, 2.45) is 23.7 Å². The van der Waals surface area contributed by atoms with Crippen molar-refractivity contribution in [2.45, 2.75) is 77.0 Å². The van der Waals surface area contributed by atoms with Gasteiger partial charge in [-0.15, -0.1) is 0 Å². The highest BCUT2D eigenvalue weighted by atomic mass is 17.3. The first-order chi connectivity index (χ1) is 10.9. The predicted molar refractivity (Wildman–Crippen MR) is 79.8 cm³/mol. The van der Waals surface area contributed by atoms with Crippen LogP contribution < -0.4 is 0 Å². The maximum absolute atomic E-state index is 10.6. The van der Waals surface area contributed by atoms with Crippen molar-refractivity contribution < 1.29 is 29.1 Å². The molecule has 0 aromatic carbocycles. The maximum Gasteiger partial charge on any atom is 0.201 e. The predicted octanol–water partition coefficient (Wildman–Crippen LogP) is 2.20. The van der Waals surface area contributed by atoms with Gasteiger partial charge in [0.1, 0.15) is 0 Å². The van der Waals surface area contributed by atoms with Gasteiger partial charge in [-0.25, -0.2) is 9.78 Å². The molecule has 9 atom stereocenters. The molecule has 5 fully saturated rings. The summed E-state index contributed by atoms with van der Waals surface area (Å²) in [4.78, 5) is 11.8. The van der Waals surface area contributed by atoms with Crippen LogP contribution in [0, 0.1) is 23.7 Å². The zero-order chi connectivity index (χ0) is 16.4. The van der Waals surface area contributed by atoms with E-state index in [2.05, 4.69) is 13.8 Å². The van der Waals surface area contributed by atoms with Crippen LogP contribution >= 0.6 is 0 Å². The van der Waals surface area contributed by atoms with E-state index < -0.39 is 17.7 Å². The van der Waals surface area contributed by atoms with Crippen LogP contribution in [0.2, 0.25) is 0 Å². The van der Waals surface area contributed by atoms with Crippen molar-refractivity contribution in [2.75, 3.05) is 6.61 Å². The third kappa shape index (κ3) is 2.16. The van der Waals surface area contributed by atoms with E-state index in [4.69, 9.17) is 24.0 Å². The Balaban J connectivity index is 1.77. The third-order valence-electron chi connectivity index (χ3n) is 6.55. The Morgan fingerprint density at radius 3 is 2.70 bits per heavy atom. The standard InChI is InChI=1S/C17H28O6/c1-5-19-14-10(3)12-8-13(18)9(2)11-6-7-16(4)21-15(20-14)17(11,12)23-22-16/h9-15,18H,5-8H2,1-4H3/t9-,10+,11-,12-,13+,14-,15-,16+,17+/m0/s1. The number of aliphatic hydroxyl groups excluding tert-OH is 1. The Morgan fingerprint density at radius 2 is 1.96 bits per heavy atom. The van der Waals surface area contributed by atoms with Crippen LogP contribution in [0.5, 0.6) is 0 Å². The van der Waals surface area contributed by atoms with Gasteiger partial charge in [-0.1, -0.05) is 13.8 Å². The van der Waals surface area contributed by atoms with Gasteiger partial charge in [-0.05, 0) is 32.6 Å². The van der Waals surface area contributed by atoms with Crippen LogP contribution in [0.15, 0.2) is 0 Å². The Labute approximate surface area is 137 Å². The molecule has 4 saturated heterocycles. The fraction of sp³-hybridized carbons (Fsp3) is 1.00. The molecule has 1 saturated carbocycles. The molecule has 0 aromatic heterocycles. The summed E-state index contributed by atoms with van der Waals surface area (Å²) in [5.41, 5.74) is -0.651. The molecular formula is C17H28O6. The molecule has 4 aliphatic heterocycles. The highest BCUT2D eigenvalue weighted by molar-refractivity contribution is 5.10. The lowest BCUT2D eigenvalue weighted by Gasteiger charge is -2.60. The topological polar surface area (TPSA) is 66.4 Å². The van der Waals surface area contributed by atoms with Crippen molar-refractivity contribution in [1.82, 2.24) is 0 Å². The smallest absolute Gasteiger partial charge is 0.201 e. The summed E-state index contributed by atoms with van der Waals surface area (Å²) in [7, 11) is 0. The zero-order valence-corrected chi connectivity index (χ0v) is 14.4. The molecule has 6 nitrogen and oxygen atoms in total. The second-order valence-corrected chi connectivity index (χ2v) is 7.84. The van der Waals surface area contributed by atoms with E-state index in [1.165, 1.54) is 0 Å². The molecule has 132 valence electrons. The second kappa shape index (κ2) is 5.38. The third-order valence-corrected chi connectivity index (χ3v) is 6.55. The maximum atomic E-state index is 10.6. The van der Waals surface area contributed by atoms with E-state index in [1.54, 1.807) is 0 Å². The number of ether oxygens (including phenoxy) is 3. The highest BCUT2D eigenvalue weighted by Gasteiger charge is 2.70. The number of hydrogen-bond acceptors (Lipinski definition) is 6. The van der Waals surface area contributed by atoms with Crippen molar-refractivity contribution in [1.29, 1.82) is 0 Å². The Morgan fingerprint density at radius 1 is 1.17 bits per heavy atom. The van der Waals surface area contributed by atoms with Crippen LogP contribution in [0.4, 0.5) is 0 Å². The Kier molecular flexibility index (Phi) is 3.80.